The summed E-state index contributed by atoms with van der Waals surface area (Å²) in [6.45, 7) is -0.0120. The third kappa shape index (κ3) is 3.00. The van der Waals surface area contributed by atoms with Crippen molar-refractivity contribution >= 4 is 28.8 Å². The van der Waals surface area contributed by atoms with Crippen LogP contribution in [-0.2, 0) is 6.54 Å². The molecule has 0 radical (unpaired) electrons. The van der Waals surface area contributed by atoms with E-state index >= 15 is 0 Å². The molecule has 0 atom stereocenters. The van der Waals surface area contributed by atoms with Crippen molar-refractivity contribution in [2.45, 2.75) is 6.54 Å². The highest BCUT2D eigenvalue weighted by Crippen LogP contribution is 2.23. The molecule has 0 spiro atoms. The fourth-order valence-corrected chi connectivity index (χ4v) is 2.68. The highest BCUT2D eigenvalue weighted by molar-refractivity contribution is 7.13. The standard InChI is InChI=1S/C14H9ClFN3O2S/c15-8-3-1-4-9(16)12(8)13(20)17-7-11-18-19-14(21-11)10-5-2-6-22-10/h1-6H,7H2,(H,17,20). The fraction of sp³-hybridized carbons (Fsp3) is 0.0714. The quantitative estimate of drug-likeness (QED) is 0.791. The van der Waals surface area contributed by atoms with Crippen LogP contribution in [0.25, 0.3) is 10.8 Å². The van der Waals surface area contributed by atoms with E-state index < -0.39 is 11.7 Å². The minimum atomic E-state index is -0.685. The van der Waals surface area contributed by atoms with E-state index in [1.165, 1.54) is 29.5 Å². The lowest BCUT2D eigenvalue weighted by Crippen LogP contribution is -2.24. The van der Waals surface area contributed by atoms with E-state index in [4.69, 9.17) is 16.0 Å². The topological polar surface area (TPSA) is 68.0 Å². The lowest BCUT2D eigenvalue weighted by atomic mass is 10.2. The van der Waals surface area contributed by atoms with Crippen molar-refractivity contribution in [3.05, 3.63) is 58.0 Å². The third-order valence-electron chi connectivity index (χ3n) is 2.79. The largest absolute Gasteiger partial charge is 0.418 e. The Morgan fingerprint density at radius 3 is 2.91 bits per heavy atom. The average Bonchev–Trinajstić information content (AvgIpc) is 3.16. The van der Waals surface area contributed by atoms with Crippen LogP contribution in [0.5, 0.6) is 0 Å². The summed E-state index contributed by atoms with van der Waals surface area (Å²) in [6, 6.07) is 7.76. The molecule has 1 aromatic carbocycles. The molecule has 8 heteroatoms. The van der Waals surface area contributed by atoms with Gasteiger partial charge in [0.15, 0.2) is 0 Å². The van der Waals surface area contributed by atoms with Gasteiger partial charge in [0.25, 0.3) is 11.8 Å². The first-order valence-corrected chi connectivity index (χ1v) is 7.49. The summed E-state index contributed by atoms with van der Waals surface area (Å²) in [4.78, 5) is 12.8. The van der Waals surface area contributed by atoms with E-state index in [9.17, 15) is 9.18 Å². The number of carbonyl (C=O) groups is 1. The summed E-state index contributed by atoms with van der Waals surface area (Å²) in [5.41, 5.74) is -0.206. The van der Waals surface area contributed by atoms with Gasteiger partial charge in [0.1, 0.15) is 5.82 Å². The molecule has 22 heavy (non-hydrogen) atoms. The van der Waals surface area contributed by atoms with E-state index in [0.29, 0.717) is 5.89 Å². The molecule has 0 saturated carbocycles. The van der Waals surface area contributed by atoms with E-state index in [1.807, 2.05) is 17.5 Å². The zero-order valence-corrected chi connectivity index (χ0v) is 12.6. The molecule has 112 valence electrons. The Morgan fingerprint density at radius 1 is 1.32 bits per heavy atom. The normalized spacial score (nSPS) is 10.6. The molecule has 1 N–H and O–H groups in total. The maximum absolute atomic E-state index is 13.6. The molecule has 0 unspecified atom stereocenters. The maximum atomic E-state index is 13.6. The van der Waals surface area contributed by atoms with Crippen molar-refractivity contribution in [3.8, 4) is 10.8 Å². The van der Waals surface area contributed by atoms with Gasteiger partial charge in [-0.3, -0.25) is 4.79 Å². The number of thiophene rings is 1. The molecule has 0 bridgehead atoms. The van der Waals surface area contributed by atoms with Crippen LogP contribution in [0.2, 0.25) is 5.02 Å². The van der Waals surface area contributed by atoms with Gasteiger partial charge < -0.3 is 9.73 Å². The van der Waals surface area contributed by atoms with Gasteiger partial charge in [-0.05, 0) is 23.6 Å². The zero-order valence-electron chi connectivity index (χ0n) is 11.0. The lowest BCUT2D eigenvalue weighted by molar-refractivity contribution is 0.0943. The Labute approximate surface area is 133 Å². The van der Waals surface area contributed by atoms with Gasteiger partial charge >= 0.3 is 0 Å². The molecule has 0 fully saturated rings. The number of halogens is 2. The minimum absolute atomic E-state index is 0.0120. The number of benzene rings is 1. The number of rotatable bonds is 4. The Hall–Kier alpha value is -2.25. The minimum Gasteiger partial charge on any atom is -0.418 e. The molecule has 5 nitrogen and oxygen atoms in total. The van der Waals surface area contributed by atoms with Crippen molar-refractivity contribution in [3.63, 3.8) is 0 Å². The van der Waals surface area contributed by atoms with Crippen molar-refractivity contribution < 1.29 is 13.6 Å². The fourth-order valence-electron chi connectivity index (χ4n) is 1.78. The zero-order chi connectivity index (χ0) is 15.5. The Bertz CT molecular complexity index is 784. The highest BCUT2D eigenvalue weighted by Gasteiger charge is 2.16. The summed E-state index contributed by atoms with van der Waals surface area (Å²) in [5.74, 6) is -0.721. The first kappa shape index (κ1) is 14.7. The summed E-state index contributed by atoms with van der Waals surface area (Å²) in [7, 11) is 0. The van der Waals surface area contributed by atoms with Crippen LogP contribution in [0.3, 0.4) is 0 Å². The second kappa shape index (κ2) is 6.25. The number of nitrogens with zero attached hydrogens (tertiary/aromatic N) is 2. The van der Waals surface area contributed by atoms with Crippen molar-refractivity contribution in [2.24, 2.45) is 0 Å². The van der Waals surface area contributed by atoms with Gasteiger partial charge in [-0.2, -0.15) is 0 Å². The molecule has 0 saturated heterocycles. The first-order valence-electron chi connectivity index (χ1n) is 6.23. The maximum Gasteiger partial charge on any atom is 0.257 e. The van der Waals surface area contributed by atoms with Gasteiger partial charge in [-0.15, -0.1) is 21.5 Å². The Balaban J connectivity index is 1.69. The number of nitrogens with one attached hydrogen (secondary N) is 1. The predicted octanol–water partition coefficient (Wildman–Crippen LogP) is 3.52. The van der Waals surface area contributed by atoms with Crippen LogP contribution in [0.1, 0.15) is 16.2 Å². The van der Waals surface area contributed by atoms with Gasteiger partial charge in [0, 0.05) is 0 Å². The van der Waals surface area contributed by atoms with Gasteiger partial charge in [0.05, 0.1) is 22.0 Å². The molecule has 3 rings (SSSR count). The molecule has 3 aromatic rings. The molecule has 0 aliphatic rings. The second-order valence-corrected chi connectivity index (χ2v) is 5.61. The summed E-state index contributed by atoms with van der Waals surface area (Å²) in [5, 5.41) is 12.2. The molecule has 1 amide bonds. The number of aromatic nitrogens is 2. The number of carbonyl (C=O) groups excluding carboxylic acids is 1. The predicted molar refractivity (Wildman–Crippen MR) is 80.2 cm³/mol. The van der Waals surface area contributed by atoms with Gasteiger partial charge in [0.2, 0.25) is 5.89 Å². The van der Waals surface area contributed by atoms with Crippen molar-refractivity contribution in [1.29, 1.82) is 0 Å². The number of hydrogen-bond acceptors (Lipinski definition) is 5. The molecule has 0 aliphatic carbocycles. The monoisotopic (exact) mass is 337 g/mol. The highest BCUT2D eigenvalue weighted by atomic mass is 35.5. The van der Waals surface area contributed by atoms with Crippen LogP contribution < -0.4 is 5.32 Å². The van der Waals surface area contributed by atoms with E-state index in [2.05, 4.69) is 15.5 Å². The molecule has 2 heterocycles. The number of amides is 1. The lowest BCUT2D eigenvalue weighted by Gasteiger charge is -2.05. The van der Waals surface area contributed by atoms with Crippen molar-refractivity contribution in [2.75, 3.05) is 0 Å². The molecule has 2 aromatic heterocycles. The van der Waals surface area contributed by atoms with Gasteiger partial charge in [-0.25, -0.2) is 4.39 Å². The van der Waals surface area contributed by atoms with Crippen LogP contribution in [0.4, 0.5) is 4.39 Å². The Kier molecular flexibility index (Phi) is 4.17. The van der Waals surface area contributed by atoms with E-state index in [0.717, 1.165) is 4.88 Å². The summed E-state index contributed by atoms with van der Waals surface area (Å²) in [6.07, 6.45) is 0. The number of hydrogen-bond donors (Lipinski definition) is 1. The first-order chi connectivity index (χ1) is 10.6. The molecular formula is C14H9ClFN3O2S. The summed E-state index contributed by atoms with van der Waals surface area (Å²) < 4.78 is 19.0. The van der Waals surface area contributed by atoms with E-state index in [-0.39, 0.29) is 23.0 Å². The van der Waals surface area contributed by atoms with E-state index in [1.54, 1.807) is 0 Å². The average molecular weight is 338 g/mol. The van der Waals surface area contributed by atoms with Crippen LogP contribution in [-0.4, -0.2) is 16.1 Å². The Morgan fingerprint density at radius 2 is 2.18 bits per heavy atom. The van der Waals surface area contributed by atoms with Crippen LogP contribution in [0, 0.1) is 5.82 Å². The third-order valence-corrected chi connectivity index (χ3v) is 3.96. The second-order valence-electron chi connectivity index (χ2n) is 4.26. The summed E-state index contributed by atoms with van der Waals surface area (Å²) >= 11 is 7.29. The smallest absolute Gasteiger partial charge is 0.257 e. The van der Waals surface area contributed by atoms with Crippen LogP contribution in [0.15, 0.2) is 40.1 Å². The SMILES string of the molecule is O=C(NCc1nnc(-c2cccs2)o1)c1c(F)cccc1Cl. The molecular weight excluding hydrogens is 329 g/mol. The van der Waals surface area contributed by atoms with Gasteiger partial charge in [-0.1, -0.05) is 23.7 Å². The molecule has 0 aliphatic heterocycles. The van der Waals surface area contributed by atoms with Crippen molar-refractivity contribution in [1.82, 2.24) is 15.5 Å². The van der Waals surface area contributed by atoms with Crippen LogP contribution >= 0.6 is 22.9 Å².